The standard InChI is InChI=1S/C42H25N2O3P/c45-48-40-22-20-26(43-32-14-5-1-10-28(32)29-11-2-6-15-33(29)43)24-38(40)46-36-18-9-19-37(42(36)48)47-39-25-27(21-23-41(39)48)44-34-16-7-3-12-30(34)31-13-4-8-17-35(31)44/h1-25H. The van der Waals surface area contributed by atoms with Crippen LogP contribution in [-0.4, -0.2) is 9.13 Å². The Bertz CT molecular complexity index is 2600. The number of nitrogens with zero attached hydrogens (tertiary/aromatic N) is 2. The van der Waals surface area contributed by atoms with E-state index in [4.69, 9.17) is 9.47 Å². The van der Waals surface area contributed by atoms with Crippen molar-refractivity contribution in [2.45, 2.75) is 0 Å². The molecule has 6 heteroatoms. The van der Waals surface area contributed by atoms with Crippen molar-refractivity contribution in [3.63, 3.8) is 0 Å². The van der Waals surface area contributed by atoms with Gasteiger partial charge in [-0.1, -0.05) is 78.9 Å². The van der Waals surface area contributed by atoms with E-state index in [1.54, 1.807) is 0 Å². The van der Waals surface area contributed by atoms with Gasteiger partial charge in [-0.05, 0) is 60.7 Å². The summed E-state index contributed by atoms with van der Waals surface area (Å²) >= 11 is 0. The Kier molecular flexibility index (Phi) is 5.04. The molecule has 9 aromatic rings. The van der Waals surface area contributed by atoms with E-state index in [0.29, 0.717) is 38.9 Å². The first-order valence-corrected chi connectivity index (χ1v) is 17.7. The van der Waals surface area contributed by atoms with Crippen LogP contribution in [0.2, 0.25) is 0 Å². The zero-order valence-corrected chi connectivity index (χ0v) is 26.4. The number of rotatable bonds is 2. The van der Waals surface area contributed by atoms with E-state index in [1.165, 1.54) is 21.5 Å². The highest BCUT2D eigenvalue weighted by Gasteiger charge is 2.46. The highest BCUT2D eigenvalue weighted by Crippen LogP contribution is 2.58. The lowest BCUT2D eigenvalue weighted by Crippen LogP contribution is -2.35. The minimum Gasteiger partial charge on any atom is -0.456 e. The molecule has 0 saturated heterocycles. The van der Waals surface area contributed by atoms with Gasteiger partial charge < -0.3 is 23.2 Å². The third-order valence-electron chi connectivity index (χ3n) is 9.96. The van der Waals surface area contributed by atoms with E-state index in [-0.39, 0.29) is 0 Å². The third kappa shape index (κ3) is 3.28. The Morgan fingerprint density at radius 1 is 0.396 bits per heavy atom. The predicted octanol–water partition coefficient (Wildman–Crippen LogP) is 9.73. The average Bonchev–Trinajstić information content (AvgIpc) is 3.64. The normalized spacial score (nSPS) is 14.0. The van der Waals surface area contributed by atoms with Gasteiger partial charge in [-0.2, -0.15) is 0 Å². The number of fused-ring (bicyclic) bond motifs is 10. The molecule has 0 spiro atoms. The molecule has 0 bridgehead atoms. The van der Waals surface area contributed by atoms with Gasteiger partial charge in [0.15, 0.2) is 7.14 Å². The molecule has 0 radical (unpaired) electrons. The summed E-state index contributed by atoms with van der Waals surface area (Å²) < 4.78 is 33.5. The minimum atomic E-state index is -3.37. The van der Waals surface area contributed by atoms with Crippen LogP contribution in [0.3, 0.4) is 0 Å². The summed E-state index contributed by atoms with van der Waals surface area (Å²) in [6.45, 7) is 0. The molecular formula is C42H25N2O3P. The quantitative estimate of drug-likeness (QED) is 0.178. The van der Waals surface area contributed by atoms with Crippen molar-refractivity contribution in [2.75, 3.05) is 0 Å². The van der Waals surface area contributed by atoms with E-state index in [9.17, 15) is 0 Å². The lowest BCUT2D eigenvalue weighted by molar-refractivity contribution is 0.461. The van der Waals surface area contributed by atoms with Crippen molar-refractivity contribution in [3.8, 4) is 34.4 Å². The Morgan fingerprint density at radius 2 is 0.771 bits per heavy atom. The molecule has 48 heavy (non-hydrogen) atoms. The molecule has 0 saturated carbocycles. The second-order valence-electron chi connectivity index (χ2n) is 12.5. The van der Waals surface area contributed by atoms with Crippen LogP contribution in [0, 0.1) is 0 Å². The second-order valence-corrected chi connectivity index (χ2v) is 15.1. The first kappa shape index (κ1) is 26.1. The summed E-state index contributed by atoms with van der Waals surface area (Å²) in [5.74, 6) is 2.34. The molecule has 7 aromatic carbocycles. The number of ether oxygens (including phenoxy) is 2. The number of benzene rings is 7. The summed E-state index contributed by atoms with van der Waals surface area (Å²) in [5, 5.41) is 6.74. The van der Waals surface area contributed by atoms with Gasteiger partial charge in [0.05, 0.1) is 32.7 Å². The lowest BCUT2D eigenvalue weighted by atomic mass is 10.2. The summed E-state index contributed by atoms with van der Waals surface area (Å²) in [6, 6.07) is 51.6. The maximum absolute atomic E-state index is 15.8. The topological polar surface area (TPSA) is 45.4 Å². The van der Waals surface area contributed by atoms with Crippen molar-refractivity contribution in [2.24, 2.45) is 0 Å². The van der Waals surface area contributed by atoms with Crippen LogP contribution in [0.25, 0.3) is 55.0 Å². The summed E-state index contributed by atoms with van der Waals surface area (Å²) in [6.07, 6.45) is 0. The monoisotopic (exact) mass is 636 g/mol. The van der Waals surface area contributed by atoms with Crippen LogP contribution in [0.1, 0.15) is 0 Å². The van der Waals surface area contributed by atoms with Gasteiger partial charge in [0.1, 0.15) is 28.3 Å². The largest absolute Gasteiger partial charge is 0.456 e. The molecular weight excluding hydrogens is 611 g/mol. The number of hydrogen-bond donors (Lipinski definition) is 0. The maximum atomic E-state index is 15.8. The highest BCUT2D eigenvalue weighted by atomic mass is 31.2. The zero-order chi connectivity index (χ0) is 31.6. The molecule has 2 aliphatic heterocycles. The van der Waals surface area contributed by atoms with Crippen molar-refractivity contribution in [1.82, 2.24) is 9.13 Å². The molecule has 0 N–H and O–H groups in total. The molecule has 0 atom stereocenters. The van der Waals surface area contributed by atoms with Crippen molar-refractivity contribution < 1.29 is 14.0 Å². The highest BCUT2D eigenvalue weighted by molar-refractivity contribution is 7.86. The third-order valence-corrected chi connectivity index (χ3v) is 13.1. The Labute approximate surface area is 275 Å². The van der Waals surface area contributed by atoms with Gasteiger partial charge in [0.25, 0.3) is 0 Å². The van der Waals surface area contributed by atoms with E-state index >= 15 is 4.57 Å². The Balaban J connectivity index is 1.13. The van der Waals surface area contributed by atoms with Crippen molar-refractivity contribution in [1.29, 1.82) is 0 Å². The number of aromatic nitrogens is 2. The maximum Gasteiger partial charge on any atom is 0.185 e. The van der Waals surface area contributed by atoms with Crippen LogP contribution in [0.15, 0.2) is 152 Å². The fourth-order valence-electron chi connectivity index (χ4n) is 7.95. The molecule has 11 rings (SSSR count). The van der Waals surface area contributed by atoms with Gasteiger partial charge in [-0.15, -0.1) is 0 Å². The molecule has 226 valence electrons. The summed E-state index contributed by atoms with van der Waals surface area (Å²) in [7, 11) is -3.37. The Morgan fingerprint density at radius 3 is 1.17 bits per heavy atom. The lowest BCUT2D eigenvalue weighted by Gasteiger charge is -2.34. The summed E-state index contributed by atoms with van der Waals surface area (Å²) in [5.41, 5.74) is 6.34. The Hall–Kier alpha value is -6.03. The molecule has 0 amide bonds. The van der Waals surface area contributed by atoms with Gasteiger partial charge >= 0.3 is 0 Å². The predicted molar refractivity (Wildman–Crippen MR) is 195 cm³/mol. The van der Waals surface area contributed by atoms with Gasteiger partial charge in [-0.3, -0.25) is 0 Å². The van der Waals surface area contributed by atoms with Gasteiger partial charge in [-0.25, -0.2) is 0 Å². The fraction of sp³-hybridized carbons (Fsp3) is 0. The first-order valence-electron chi connectivity index (χ1n) is 16.0. The summed E-state index contributed by atoms with van der Waals surface area (Å²) in [4.78, 5) is 0. The average molecular weight is 637 g/mol. The number of para-hydroxylation sites is 4. The second kappa shape index (κ2) is 9.28. The molecule has 0 fully saturated rings. The number of hydrogen-bond acceptors (Lipinski definition) is 3. The van der Waals surface area contributed by atoms with Crippen LogP contribution < -0.4 is 25.4 Å². The van der Waals surface area contributed by atoms with E-state index < -0.39 is 7.14 Å². The molecule has 5 nitrogen and oxygen atoms in total. The van der Waals surface area contributed by atoms with Crippen LogP contribution in [0.5, 0.6) is 23.0 Å². The van der Waals surface area contributed by atoms with E-state index in [1.807, 2.05) is 42.5 Å². The molecule has 0 unspecified atom stereocenters. The van der Waals surface area contributed by atoms with Gasteiger partial charge in [0, 0.05) is 45.1 Å². The van der Waals surface area contributed by atoms with E-state index in [0.717, 1.165) is 33.4 Å². The molecule has 4 heterocycles. The van der Waals surface area contributed by atoms with Crippen LogP contribution in [-0.2, 0) is 4.57 Å². The molecule has 2 aliphatic rings. The van der Waals surface area contributed by atoms with Crippen molar-refractivity contribution >= 4 is 66.7 Å². The smallest absolute Gasteiger partial charge is 0.185 e. The van der Waals surface area contributed by atoms with Crippen molar-refractivity contribution in [3.05, 3.63) is 152 Å². The van der Waals surface area contributed by atoms with Crippen LogP contribution >= 0.6 is 7.14 Å². The first-order chi connectivity index (χ1) is 23.7. The minimum absolute atomic E-state index is 0.569. The van der Waals surface area contributed by atoms with Crippen LogP contribution in [0.4, 0.5) is 0 Å². The molecule has 0 aliphatic carbocycles. The SMILES string of the molecule is O=P12c3ccc(-n4c5ccccc5c5ccccc54)cc3Oc3cccc(c31)Oc1cc(-n3c4ccccc4c4ccccc43)ccc12. The molecule has 2 aromatic heterocycles. The van der Waals surface area contributed by atoms with E-state index in [2.05, 4.69) is 118 Å². The van der Waals surface area contributed by atoms with Gasteiger partial charge in [0.2, 0.25) is 0 Å². The fourth-order valence-corrected chi connectivity index (χ4v) is 11.0. The zero-order valence-electron chi connectivity index (χ0n) is 25.5.